The van der Waals surface area contributed by atoms with Crippen molar-refractivity contribution in [3.63, 3.8) is 0 Å². The van der Waals surface area contributed by atoms with Gasteiger partial charge in [-0.1, -0.05) is 24.3 Å². The van der Waals surface area contributed by atoms with Gasteiger partial charge in [0.05, 0.1) is 24.7 Å². The third-order valence-corrected chi connectivity index (χ3v) is 7.20. The van der Waals surface area contributed by atoms with Crippen LogP contribution in [0, 0.1) is 6.92 Å². The minimum atomic E-state index is -0.134. The van der Waals surface area contributed by atoms with Gasteiger partial charge >= 0.3 is 0 Å². The molecule has 1 aliphatic carbocycles. The topological polar surface area (TPSA) is 87.7 Å². The second kappa shape index (κ2) is 7.86. The first-order valence-corrected chi connectivity index (χ1v) is 11.9. The summed E-state index contributed by atoms with van der Waals surface area (Å²) < 4.78 is 8.64. The Hall–Kier alpha value is -3.43. The summed E-state index contributed by atoms with van der Waals surface area (Å²) in [4.78, 5) is 29.4. The number of nitrogens with zero attached hydrogens (tertiary/aromatic N) is 6. The average Bonchev–Trinajstić information content (AvgIpc) is 3.42. The van der Waals surface area contributed by atoms with Gasteiger partial charge in [-0.2, -0.15) is 9.78 Å². The van der Waals surface area contributed by atoms with Gasteiger partial charge in [0.15, 0.2) is 11.5 Å². The number of thiophene rings is 1. The Labute approximate surface area is 193 Å². The van der Waals surface area contributed by atoms with E-state index in [2.05, 4.69) is 34.3 Å². The molecule has 6 rings (SSSR count). The van der Waals surface area contributed by atoms with Crippen LogP contribution in [0.15, 0.2) is 41.6 Å². The average molecular weight is 459 g/mol. The third-order valence-electron chi connectivity index (χ3n) is 6.06. The quantitative estimate of drug-likeness (QED) is 0.373. The molecule has 0 radical (unpaired) electrons. The van der Waals surface area contributed by atoms with Crippen LogP contribution >= 0.6 is 11.3 Å². The fraction of sp³-hybridized carbons (Fsp3) is 0.292. The molecule has 5 aromatic rings. The zero-order chi connectivity index (χ0) is 22.5. The van der Waals surface area contributed by atoms with E-state index in [-0.39, 0.29) is 5.56 Å². The van der Waals surface area contributed by atoms with E-state index in [0.29, 0.717) is 42.4 Å². The molecule has 0 aliphatic heterocycles. The molecule has 0 bridgehead atoms. The van der Waals surface area contributed by atoms with Crippen molar-refractivity contribution < 1.29 is 4.74 Å². The fourth-order valence-electron chi connectivity index (χ4n) is 4.55. The van der Waals surface area contributed by atoms with E-state index in [1.165, 1.54) is 21.6 Å². The monoisotopic (exact) mass is 458 g/mol. The molecule has 4 heterocycles. The van der Waals surface area contributed by atoms with E-state index in [4.69, 9.17) is 14.7 Å². The van der Waals surface area contributed by atoms with E-state index in [1.54, 1.807) is 33.1 Å². The number of aromatic nitrogens is 6. The van der Waals surface area contributed by atoms with Gasteiger partial charge in [-0.25, -0.2) is 15.0 Å². The molecule has 9 heteroatoms. The second-order valence-electron chi connectivity index (χ2n) is 8.07. The van der Waals surface area contributed by atoms with Crippen molar-refractivity contribution >= 4 is 32.6 Å². The number of benzene rings is 1. The Morgan fingerprint density at radius 2 is 2.06 bits per heavy atom. The number of rotatable bonds is 5. The highest BCUT2D eigenvalue weighted by Gasteiger charge is 2.26. The van der Waals surface area contributed by atoms with Crippen molar-refractivity contribution in [1.29, 1.82) is 0 Å². The maximum absolute atomic E-state index is 13.0. The number of fused-ring (bicyclic) bond motifs is 6. The largest absolute Gasteiger partial charge is 0.380 e. The number of hydrogen-bond donors (Lipinski definition) is 0. The summed E-state index contributed by atoms with van der Waals surface area (Å²) in [5.74, 6) is 1.33. The van der Waals surface area contributed by atoms with E-state index < -0.39 is 0 Å². The van der Waals surface area contributed by atoms with Crippen LogP contribution < -0.4 is 5.56 Å². The second-order valence-corrected chi connectivity index (χ2v) is 9.15. The summed E-state index contributed by atoms with van der Waals surface area (Å²) in [6.45, 7) is 5.34. The van der Waals surface area contributed by atoms with Crippen LogP contribution in [0.2, 0.25) is 0 Å². The van der Waals surface area contributed by atoms with Crippen molar-refractivity contribution in [2.75, 3.05) is 13.2 Å². The normalized spacial score (nSPS) is 12.9. The van der Waals surface area contributed by atoms with Gasteiger partial charge in [0.2, 0.25) is 0 Å². The Morgan fingerprint density at radius 1 is 1.18 bits per heavy atom. The van der Waals surface area contributed by atoms with E-state index in [1.807, 2.05) is 13.8 Å². The highest BCUT2D eigenvalue weighted by molar-refractivity contribution is 7.19. The van der Waals surface area contributed by atoms with E-state index in [9.17, 15) is 4.79 Å². The molecule has 0 unspecified atom stereocenters. The van der Waals surface area contributed by atoms with Gasteiger partial charge in [-0.15, -0.1) is 11.3 Å². The number of hydrogen-bond acceptors (Lipinski definition) is 7. The lowest BCUT2D eigenvalue weighted by Crippen LogP contribution is -2.22. The molecule has 0 saturated heterocycles. The van der Waals surface area contributed by atoms with Gasteiger partial charge in [0.1, 0.15) is 22.4 Å². The van der Waals surface area contributed by atoms with Crippen molar-refractivity contribution in [2.45, 2.75) is 33.2 Å². The first kappa shape index (κ1) is 20.2. The van der Waals surface area contributed by atoms with Crippen molar-refractivity contribution in [3.05, 3.63) is 63.4 Å². The summed E-state index contributed by atoms with van der Waals surface area (Å²) in [6.07, 6.45) is 5.14. The lowest BCUT2D eigenvalue weighted by molar-refractivity contribution is 0.138. The van der Waals surface area contributed by atoms with Gasteiger partial charge in [-0.05, 0) is 37.8 Å². The van der Waals surface area contributed by atoms with Gasteiger partial charge in [0, 0.05) is 17.0 Å². The molecule has 8 nitrogen and oxygen atoms in total. The Bertz CT molecular complexity index is 1580. The minimum Gasteiger partial charge on any atom is -0.380 e. The van der Waals surface area contributed by atoms with Crippen molar-refractivity contribution in [3.8, 4) is 16.9 Å². The molecule has 0 spiro atoms. The van der Waals surface area contributed by atoms with Crippen LogP contribution in [0.4, 0.5) is 0 Å². The maximum Gasteiger partial charge on any atom is 0.264 e. The predicted molar refractivity (Wildman–Crippen MR) is 128 cm³/mol. The molecule has 0 atom stereocenters. The highest BCUT2D eigenvalue weighted by Crippen LogP contribution is 2.45. The van der Waals surface area contributed by atoms with Gasteiger partial charge in [0.25, 0.3) is 5.56 Å². The maximum atomic E-state index is 13.0. The fourth-order valence-corrected chi connectivity index (χ4v) is 5.77. The third kappa shape index (κ3) is 3.19. The van der Waals surface area contributed by atoms with E-state index >= 15 is 0 Å². The summed E-state index contributed by atoms with van der Waals surface area (Å²) in [6, 6.07) is 8.51. The Balaban J connectivity index is 1.58. The lowest BCUT2D eigenvalue weighted by Gasteiger charge is -2.17. The Kier molecular flexibility index (Phi) is 4.81. The van der Waals surface area contributed by atoms with Gasteiger partial charge < -0.3 is 4.74 Å². The molecular weight excluding hydrogens is 436 g/mol. The van der Waals surface area contributed by atoms with Crippen LogP contribution in [0.25, 0.3) is 38.2 Å². The smallest absolute Gasteiger partial charge is 0.264 e. The molecule has 0 saturated carbocycles. The molecule has 0 N–H and O–H groups in total. The van der Waals surface area contributed by atoms with Crippen LogP contribution in [-0.4, -0.2) is 42.5 Å². The molecule has 0 amide bonds. The van der Waals surface area contributed by atoms with Crippen LogP contribution in [-0.2, 0) is 24.1 Å². The number of aryl methyl sites for hydroxylation is 3. The first-order chi connectivity index (χ1) is 16.2. The SMILES string of the molecule is CCOCCn1cnc2c(cnn2-c2nc(C)nc3sc4c(c23)-c2ccccc2CC4)c1=O. The molecule has 0 fully saturated rings. The van der Waals surface area contributed by atoms with E-state index in [0.717, 1.165) is 23.1 Å². The summed E-state index contributed by atoms with van der Waals surface area (Å²) >= 11 is 1.72. The first-order valence-electron chi connectivity index (χ1n) is 11.0. The van der Waals surface area contributed by atoms with Crippen LogP contribution in [0.1, 0.15) is 23.2 Å². The molecular formula is C24H22N6O2S. The molecule has 1 aromatic carbocycles. The Morgan fingerprint density at radius 3 is 2.94 bits per heavy atom. The minimum absolute atomic E-state index is 0.134. The van der Waals surface area contributed by atoms with Gasteiger partial charge in [-0.3, -0.25) is 9.36 Å². The standard InChI is InChI=1S/C24H22N6O2S/c1-3-32-11-10-29-13-25-21-17(24(29)31)12-26-30(21)22-20-19-16-7-5-4-6-15(16)8-9-18(19)33-23(20)28-14(2)27-22/h4-7,12-13H,3,8-11H2,1-2H3. The predicted octanol–water partition coefficient (Wildman–Crippen LogP) is 3.70. The van der Waals surface area contributed by atoms with Crippen LogP contribution in [0.3, 0.4) is 0 Å². The highest BCUT2D eigenvalue weighted by atomic mass is 32.1. The molecule has 4 aromatic heterocycles. The summed E-state index contributed by atoms with van der Waals surface area (Å²) in [5, 5.41) is 6.00. The van der Waals surface area contributed by atoms with Crippen LogP contribution in [0.5, 0.6) is 0 Å². The van der Waals surface area contributed by atoms with Crippen molar-refractivity contribution in [2.24, 2.45) is 0 Å². The summed E-state index contributed by atoms with van der Waals surface area (Å²) in [5.41, 5.74) is 4.10. The summed E-state index contributed by atoms with van der Waals surface area (Å²) in [7, 11) is 0. The molecule has 166 valence electrons. The lowest BCUT2D eigenvalue weighted by atomic mass is 9.89. The zero-order valence-corrected chi connectivity index (χ0v) is 19.2. The zero-order valence-electron chi connectivity index (χ0n) is 18.4. The van der Waals surface area contributed by atoms with Crippen molar-refractivity contribution in [1.82, 2.24) is 29.3 Å². The molecule has 1 aliphatic rings. The number of ether oxygens (including phenoxy) is 1. The molecule has 33 heavy (non-hydrogen) atoms.